The zero-order valence-corrected chi connectivity index (χ0v) is 13.9. The van der Waals surface area contributed by atoms with E-state index in [2.05, 4.69) is 5.32 Å². The Balaban J connectivity index is 2.13. The van der Waals surface area contributed by atoms with Gasteiger partial charge in [-0.25, -0.2) is 4.79 Å². The van der Waals surface area contributed by atoms with Crippen molar-refractivity contribution in [1.82, 2.24) is 10.2 Å². The molecule has 0 spiro atoms. The quantitative estimate of drug-likeness (QED) is 0.499. The molecule has 8 nitrogen and oxygen atoms in total. The molecule has 1 aromatic rings. The number of rotatable bonds is 4. The van der Waals surface area contributed by atoms with Crippen molar-refractivity contribution in [1.29, 1.82) is 0 Å². The summed E-state index contributed by atoms with van der Waals surface area (Å²) in [6.07, 6.45) is 0. The van der Waals surface area contributed by atoms with Gasteiger partial charge in [0.15, 0.2) is 5.54 Å². The Morgan fingerprint density at radius 3 is 2.44 bits per heavy atom. The molecule has 25 heavy (non-hydrogen) atoms. The van der Waals surface area contributed by atoms with E-state index in [4.69, 9.17) is 4.74 Å². The average Bonchev–Trinajstić information content (AvgIpc) is 3.10. The summed E-state index contributed by atoms with van der Waals surface area (Å²) in [6, 6.07) is 5.48. The van der Waals surface area contributed by atoms with Gasteiger partial charge in [-0.3, -0.25) is 19.8 Å². The summed E-state index contributed by atoms with van der Waals surface area (Å²) in [5.74, 6) is -3.48. The number of likely N-dealkylation sites (tertiary alicyclic amines) is 1. The lowest BCUT2D eigenvalue weighted by molar-refractivity contribution is -0.156. The number of phenols is 1. The summed E-state index contributed by atoms with van der Waals surface area (Å²) in [5.41, 5.74) is -1.05. The topological polar surface area (TPSA) is 116 Å². The number of esters is 1. The number of hydrogen-bond acceptors (Lipinski definition) is 7. The number of carbonyl (C=O) groups excluding carboxylic acids is 3. The molecule has 0 saturated carbocycles. The van der Waals surface area contributed by atoms with E-state index in [-0.39, 0.29) is 18.2 Å². The highest BCUT2D eigenvalue weighted by molar-refractivity contribution is 6.09. The summed E-state index contributed by atoms with van der Waals surface area (Å²) in [6.45, 7) is 1.19. The number of nitrogens with zero attached hydrogens (tertiary/aromatic N) is 1. The molecule has 2 heterocycles. The number of nitrogens with one attached hydrogen (secondary N) is 1. The van der Waals surface area contributed by atoms with Crippen LogP contribution in [0, 0.1) is 11.8 Å². The molecular formula is C17H20N2O6. The van der Waals surface area contributed by atoms with Crippen molar-refractivity contribution in [2.24, 2.45) is 11.8 Å². The van der Waals surface area contributed by atoms with Crippen LogP contribution in [0.2, 0.25) is 0 Å². The van der Waals surface area contributed by atoms with Crippen LogP contribution in [0.3, 0.4) is 0 Å². The molecule has 0 aliphatic carbocycles. The van der Waals surface area contributed by atoms with Crippen LogP contribution in [-0.2, 0) is 19.1 Å². The fourth-order valence-electron chi connectivity index (χ4n) is 3.92. The van der Waals surface area contributed by atoms with Crippen molar-refractivity contribution >= 4 is 17.8 Å². The fraction of sp³-hybridized carbons (Fsp3) is 0.471. The Hall–Kier alpha value is -2.45. The number of fused-ring (bicyclic) bond motifs is 1. The lowest BCUT2D eigenvalue weighted by atomic mass is 9.79. The Bertz CT molecular complexity index is 718. The maximum Gasteiger partial charge on any atom is 0.329 e. The van der Waals surface area contributed by atoms with Crippen LogP contribution in [0.1, 0.15) is 18.5 Å². The molecule has 2 amide bonds. The predicted molar refractivity (Wildman–Crippen MR) is 85.2 cm³/mol. The van der Waals surface area contributed by atoms with Crippen molar-refractivity contribution in [3.05, 3.63) is 29.8 Å². The van der Waals surface area contributed by atoms with Gasteiger partial charge in [0.2, 0.25) is 11.8 Å². The van der Waals surface area contributed by atoms with E-state index in [0.717, 1.165) is 4.90 Å². The number of carbonyl (C=O) groups is 3. The van der Waals surface area contributed by atoms with Crippen molar-refractivity contribution in [3.8, 4) is 5.75 Å². The van der Waals surface area contributed by atoms with Crippen LogP contribution < -0.4 is 5.32 Å². The third-order valence-electron chi connectivity index (χ3n) is 5.11. The molecule has 2 saturated heterocycles. The van der Waals surface area contributed by atoms with Crippen LogP contribution in [0.15, 0.2) is 24.3 Å². The maximum absolute atomic E-state index is 12.8. The molecular weight excluding hydrogens is 328 g/mol. The van der Waals surface area contributed by atoms with Crippen molar-refractivity contribution in [2.45, 2.75) is 18.5 Å². The third kappa shape index (κ3) is 2.32. The summed E-state index contributed by atoms with van der Waals surface area (Å²) < 4.78 is 4.81. The van der Waals surface area contributed by atoms with Crippen molar-refractivity contribution in [3.63, 3.8) is 0 Å². The molecule has 2 fully saturated rings. The lowest BCUT2D eigenvalue weighted by Crippen LogP contribution is -2.58. The second-order valence-corrected chi connectivity index (χ2v) is 6.26. The van der Waals surface area contributed by atoms with Gasteiger partial charge in [0.25, 0.3) is 0 Å². The summed E-state index contributed by atoms with van der Waals surface area (Å²) in [4.78, 5) is 39.1. The third-order valence-corrected chi connectivity index (χ3v) is 5.11. The van der Waals surface area contributed by atoms with E-state index in [1.54, 1.807) is 19.1 Å². The van der Waals surface area contributed by atoms with Crippen LogP contribution in [0.4, 0.5) is 0 Å². The second-order valence-electron chi connectivity index (χ2n) is 6.26. The average molecular weight is 348 g/mol. The van der Waals surface area contributed by atoms with Crippen molar-refractivity contribution < 1.29 is 29.3 Å². The van der Waals surface area contributed by atoms with E-state index in [9.17, 15) is 24.6 Å². The van der Waals surface area contributed by atoms with E-state index < -0.39 is 41.9 Å². The molecule has 134 valence electrons. The number of benzene rings is 1. The normalized spacial score (nSPS) is 31.3. The van der Waals surface area contributed by atoms with Gasteiger partial charge in [-0.2, -0.15) is 0 Å². The lowest BCUT2D eigenvalue weighted by Gasteiger charge is -2.30. The molecule has 2 aliphatic rings. The Morgan fingerprint density at radius 2 is 1.92 bits per heavy atom. The van der Waals surface area contributed by atoms with Crippen LogP contribution in [0.5, 0.6) is 5.75 Å². The van der Waals surface area contributed by atoms with Gasteiger partial charge in [-0.1, -0.05) is 12.1 Å². The molecule has 8 heteroatoms. The highest BCUT2D eigenvalue weighted by Gasteiger charge is 2.68. The number of imide groups is 1. The number of phenolic OH excluding ortho intramolecular Hbond substituents is 1. The first-order valence-corrected chi connectivity index (χ1v) is 8.02. The first kappa shape index (κ1) is 17.4. The predicted octanol–water partition coefficient (Wildman–Crippen LogP) is -0.438. The minimum absolute atomic E-state index is 0.0590. The van der Waals surface area contributed by atoms with E-state index in [1.807, 2.05) is 0 Å². The highest BCUT2D eigenvalue weighted by atomic mass is 16.5. The number of aliphatic hydroxyl groups excluding tert-OH is 1. The van der Waals surface area contributed by atoms with Gasteiger partial charge in [-0.15, -0.1) is 0 Å². The zero-order valence-electron chi connectivity index (χ0n) is 13.9. The molecule has 2 aliphatic heterocycles. The van der Waals surface area contributed by atoms with Gasteiger partial charge in [-0.05, 0) is 24.6 Å². The van der Waals surface area contributed by atoms with E-state index >= 15 is 0 Å². The molecule has 3 rings (SSSR count). The second kappa shape index (κ2) is 6.12. The maximum atomic E-state index is 12.8. The minimum Gasteiger partial charge on any atom is -0.508 e. The Morgan fingerprint density at radius 1 is 1.28 bits per heavy atom. The molecule has 0 unspecified atom stereocenters. The standard InChI is InChI=1S/C17H20N2O6/c1-3-19-14(22)11-12(15(19)23)17(8-20,16(24)25-2)18-13(11)9-4-6-10(21)7-5-9/h4-7,11-13,18,20-21H,3,8H2,1-2H3/t11-,12+,13-,17+/m0/s1. The first-order chi connectivity index (χ1) is 11.9. The van der Waals surface area contributed by atoms with E-state index in [1.165, 1.54) is 19.2 Å². The van der Waals surface area contributed by atoms with Crippen LogP contribution in [-0.4, -0.2) is 58.7 Å². The number of ether oxygens (including phenoxy) is 1. The number of aliphatic hydroxyl groups is 1. The minimum atomic E-state index is -1.68. The fourth-order valence-corrected chi connectivity index (χ4v) is 3.92. The Kier molecular flexibility index (Phi) is 4.26. The number of amides is 2. The SMILES string of the molecule is CCN1C(=O)[C@@H]2[C@H](c3ccc(O)cc3)N[C@@](CO)(C(=O)OC)[C@H]2C1=O. The summed E-state index contributed by atoms with van der Waals surface area (Å²) in [5, 5.41) is 22.4. The van der Waals surface area contributed by atoms with Gasteiger partial charge in [0, 0.05) is 12.6 Å². The largest absolute Gasteiger partial charge is 0.508 e. The number of methoxy groups -OCH3 is 1. The monoisotopic (exact) mass is 348 g/mol. The highest BCUT2D eigenvalue weighted by Crippen LogP contribution is 2.49. The summed E-state index contributed by atoms with van der Waals surface area (Å²) in [7, 11) is 1.17. The van der Waals surface area contributed by atoms with Gasteiger partial charge >= 0.3 is 5.97 Å². The van der Waals surface area contributed by atoms with Gasteiger partial charge in [0.05, 0.1) is 25.6 Å². The van der Waals surface area contributed by atoms with Crippen LogP contribution in [0.25, 0.3) is 0 Å². The zero-order chi connectivity index (χ0) is 18.4. The molecule has 4 atom stereocenters. The number of aromatic hydroxyl groups is 1. The molecule has 0 aromatic heterocycles. The van der Waals surface area contributed by atoms with Crippen LogP contribution >= 0.6 is 0 Å². The van der Waals surface area contributed by atoms with Crippen molar-refractivity contribution in [2.75, 3.05) is 20.3 Å². The molecule has 3 N–H and O–H groups in total. The molecule has 0 radical (unpaired) electrons. The molecule has 1 aromatic carbocycles. The smallest absolute Gasteiger partial charge is 0.329 e. The van der Waals surface area contributed by atoms with E-state index in [0.29, 0.717) is 5.56 Å². The first-order valence-electron chi connectivity index (χ1n) is 8.02. The summed E-state index contributed by atoms with van der Waals surface area (Å²) >= 11 is 0. The Labute approximate surface area is 144 Å². The molecule has 0 bridgehead atoms. The van der Waals surface area contributed by atoms with Gasteiger partial charge in [0.1, 0.15) is 5.75 Å². The van der Waals surface area contributed by atoms with Gasteiger partial charge < -0.3 is 14.9 Å². The number of hydrogen-bond donors (Lipinski definition) is 3.